The zero-order valence-electron chi connectivity index (χ0n) is 10.7. The van der Waals surface area contributed by atoms with Crippen molar-refractivity contribution in [1.82, 2.24) is 9.55 Å². The Kier molecular flexibility index (Phi) is 4.43. The molecule has 8 heteroatoms. The van der Waals surface area contributed by atoms with Crippen molar-refractivity contribution in [2.45, 2.75) is 12.1 Å². The SMILES string of the molecule is N#Cc1ccccc1-c1nccn1CCS(=O)C(F)(F)F. The van der Waals surface area contributed by atoms with Crippen molar-refractivity contribution in [3.05, 3.63) is 42.2 Å². The standard InChI is InChI=1S/C13H10F3N3OS/c14-13(15,16)21(20)8-7-19-6-5-18-12(19)11-4-2-1-3-10(11)9-17/h1-6H,7-8H2. The minimum atomic E-state index is -4.72. The predicted octanol–water partition coefficient (Wildman–Crippen LogP) is 2.69. The van der Waals surface area contributed by atoms with E-state index >= 15 is 0 Å². The first-order valence-corrected chi connectivity index (χ1v) is 7.21. The lowest BCUT2D eigenvalue weighted by Crippen LogP contribution is -2.21. The number of hydrogen-bond donors (Lipinski definition) is 0. The monoisotopic (exact) mass is 313 g/mol. The van der Waals surface area contributed by atoms with Crippen molar-refractivity contribution in [3.8, 4) is 17.5 Å². The lowest BCUT2D eigenvalue weighted by molar-refractivity contribution is -0.0384. The van der Waals surface area contributed by atoms with Gasteiger partial charge in [-0.25, -0.2) is 4.98 Å². The Labute approximate surface area is 121 Å². The summed E-state index contributed by atoms with van der Waals surface area (Å²) in [6.45, 7) is -0.0960. The fourth-order valence-electron chi connectivity index (χ4n) is 1.81. The van der Waals surface area contributed by atoms with E-state index in [1.807, 2.05) is 6.07 Å². The van der Waals surface area contributed by atoms with Gasteiger partial charge in [-0.05, 0) is 12.1 Å². The lowest BCUT2D eigenvalue weighted by atomic mass is 10.1. The molecule has 2 aromatic rings. The van der Waals surface area contributed by atoms with E-state index in [1.165, 1.54) is 17.0 Å². The molecule has 1 aromatic carbocycles. The molecule has 0 saturated carbocycles. The Morgan fingerprint density at radius 2 is 2.05 bits per heavy atom. The van der Waals surface area contributed by atoms with Gasteiger partial charge in [0, 0.05) is 24.5 Å². The van der Waals surface area contributed by atoms with Gasteiger partial charge in [0.1, 0.15) is 16.6 Å². The van der Waals surface area contributed by atoms with Gasteiger partial charge in [0.15, 0.2) is 0 Å². The molecule has 0 fully saturated rings. The van der Waals surface area contributed by atoms with Gasteiger partial charge in [0.25, 0.3) is 0 Å². The van der Waals surface area contributed by atoms with Gasteiger partial charge < -0.3 is 4.57 Å². The second-order valence-electron chi connectivity index (χ2n) is 4.10. The minimum absolute atomic E-state index is 0.0960. The Bertz CT molecular complexity index is 703. The summed E-state index contributed by atoms with van der Waals surface area (Å²) in [5, 5.41) is 9.05. The molecule has 21 heavy (non-hydrogen) atoms. The van der Waals surface area contributed by atoms with Crippen LogP contribution in [0.25, 0.3) is 11.4 Å². The van der Waals surface area contributed by atoms with E-state index in [9.17, 15) is 17.4 Å². The number of hydrogen-bond acceptors (Lipinski definition) is 3. The number of benzene rings is 1. The first-order valence-electron chi connectivity index (χ1n) is 5.89. The summed E-state index contributed by atoms with van der Waals surface area (Å²) in [5.74, 6) is -0.173. The molecule has 1 aromatic heterocycles. The number of rotatable bonds is 4. The molecule has 1 heterocycles. The average molecular weight is 313 g/mol. The molecule has 1 unspecified atom stereocenters. The Morgan fingerprint density at radius 3 is 2.71 bits per heavy atom. The van der Waals surface area contributed by atoms with E-state index in [4.69, 9.17) is 5.26 Å². The summed E-state index contributed by atoms with van der Waals surface area (Å²) in [6, 6.07) is 8.67. The third-order valence-electron chi connectivity index (χ3n) is 2.78. The topological polar surface area (TPSA) is 58.7 Å². The first kappa shape index (κ1) is 15.3. The molecule has 0 aliphatic carbocycles. The predicted molar refractivity (Wildman–Crippen MR) is 71.4 cm³/mol. The maximum atomic E-state index is 12.3. The number of imidazole rings is 1. The average Bonchev–Trinajstić information content (AvgIpc) is 2.91. The molecule has 0 radical (unpaired) electrons. The summed E-state index contributed by atoms with van der Waals surface area (Å²) in [7, 11) is -2.91. The second kappa shape index (κ2) is 6.10. The summed E-state index contributed by atoms with van der Waals surface area (Å²) in [5.41, 5.74) is -3.81. The van der Waals surface area contributed by atoms with Gasteiger partial charge in [-0.3, -0.25) is 4.21 Å². The van der Waals surface area contributed by atoms with E-state index in [0.29, 0.717) is 17.0 Å². The second-order valence-corrected chi connectivity index (χ2v) is 5.66. The van der Waals surface area contributed by atoms with Gasteiger partial charge in [0.2, 0.25) is 0 Å². The first-order chi connectivity index (χ1) is 9.93. The molecule has 0 saturated heterocycles. The number of aromatic nitrogens is 2. The molecule has 4 nitrogen and oxygen atoms in total. The molecule has 0 N–H and O–H groups in total. The molecular formula is C13H10F3N3OS. The quantitative estimate of drug-likeness (QED) is 0.872. The van der Waals surface area contributed by atoms with Gasteiger partial charge in [-0.15, -0.1) is 0 Å². The Hall–Kier alpha value is -2.14. The molecule has 0 aliphatic rings. The van der Waals surface area contributed by atoms with Gasteiger partial charge in [-0.1, -0.05) is 12.1 Å². The summed E-state index contributed by atoms with van der Waals surface area (Å²) < 4.78 is 49.2. The summed E-state index contributed by atoms with van der Waals surface area (Å²) >= 11 is 0. The van der Waals surface area contributed by atoms with Crippen LogP contribution in [0.2, 0.25) is 0 Å². The van der Waals surface area contributed by atoms with E-state index in [0.717, 1.165) is 0 Å². The maximum Gasteiger partial charge on any atom is 0.471 e. The summed E-state index contributed by atoms with van der Waals surface area (Å²) in [6.07, 6.45) is 2.93. The van der Waals surface area contributed by atoms with E-state index in [2.05, 4.69) is 4.98 Å². The van der Waals surface area contributed by atoms with Gasteiger partial charge in [-0.2, -0.15) is 18.4 Å². The molecule has 0 spiro atoms. The molecule has 0 aliphatic heterocycles. The maximum absolute atomic E-state index is 12.3. The number of nitrogens with zero attached hydrogens (tertiary/aromatic N) is 3. The lowest BCUT2D eigenvalue weighted by Gasteiger charge is -2.10. The highest BCUT2D eigenvalue weighted by molar-refractivity contribution is 7.85. The minimum Gasteiger partial charge on any atom is -0.330 e. The zero-order valence-corrected chi connectivity index (χ0v) is 11.5. The van der Waals surface area contributed by atoms with Crippen LogP contribution in [-0.2, 0) is 17.3 Å². The fraction of sp³-hybridized carbons (Fsp3) is 0.231. The summed E-state index contributed by atoms with van der Waals surface area (Å²) in [4.78, 5) is 4.07. The number of halogens is 3. The van der Waals surface area contributed by atoms with Crippen molar-refractivity contribution in [3.63, 3.8) is 0 Å². The Balaban J connectivity index is 2.24. The third kappa shape index (κ3) is 3.49. The van der Waals surface area contributed by atoms with Crippen LogP contribution in [0.1, 0.15) is 5.56 Å². The van der Waals surface area contributed by atoms with Crippen molar-refractivity contribution >= 4 is 10.8 Å². The number of aryl methyl sites for hydroxylation is 1. The molecule has 110 valence electrons. The zero-order chi connectivity index (χ0) is 15.5. The highest BCUT2D eigenvalue weighted by Crippen LogP contribution is 2.23. The molecule has 2 rings (SSSR count). The normalized spacial score (nSPS) is 12.9. The van der Waals surface area contributed by atoms with Crippen molar-refractivity contribution in [2.24, 2.45) is 0 Å². The van der Waals surface area contributed by atoms with Gasteiger partial charge in [0.05, 0.1) is 17.4 Å². The van der Waals surface area contributed by atoms with Crippen molar-refractivity contribution < 1.29 is 17.4 Å². The van der Waals surface area contributed by atoms with E-state index < -0.39 is 22.1 Å². The fourth-order valence-corrected chi connectivity index (χ4v) is 2.40. The molecule has 1 atom stereocenters. The largest absolute Gasteiger partial charge is 0.471 e. The third-order valence-corrected chi connectivity index (χ3v) is 3.85. The van der Waals surface area contributed by atoms with E-state index in [-0.39, 0.29) is 6.54 Å². The van der Waals surface area contributed by atoms with Crippen LogP contribution >= 0.6 is 0 Å². The number of alkyl halides is 3. The van der Waals surface area contributed by atoms with Crippen molar-refractivity contribution in [2.75, 3.05) is 5.75 Å². The van der Waals surface area contributed by atoms with Crippen LogP contribution < -0.4 is 0 Å². The van der Waals surface area contributed by atoms with Crippen LogP contribution in [0, 0.1) is 11.3 Å². The Morgan fingerprint density at radius 1 is 1.33 bits per heavy atom. The van der Waals surface area contributed by atoms with Crippen molar-refractivity contribution in [1.29, 1.82) is 5.26 Å². The van der Waals surface area contributed by atoms with Gasteiger partial charge >= 0.3 is 5.51 Å². The van der Waals surface area contributed by atoms with Crippen LogP contribution in [0.15, 0.2) is 36.7 Å². The van der Waals surface area contributed by atoms with Crippen LogP contribution in [0.4, 0.5) is 13.2 Å². The highest BCUT2D eigenvalue weighted by Gasteiger charge is 2.36. The highest BCUT2D eigenvalue weighted by atomic mass is 32.2. The van der Waals surface area contributed by atoms with Crippen LogP contribution in [0.3, 0.4) is 0 Å². The molecule has 0 bridgehead atoms. The molecule has 0 amide bonds. The smallest absolute Gasteiger partial charge is 0.330 e. The van der Waals surface area contributed by atoms with Crippen LogP contribution in [-0.4, -0.2) is 25.0 Å². The number of nitriles is 1. The van der Waals surface area contributed by atoms with Crippen LogP contribution in [0.5, 0.6) is 0 Å². The molecular weight excluding hydrogens is 303 g/mol. The van der Waals surface area contributed by atoms with E-state index in [1.54, 1.807) is 24.3 Å².